The summed E-state index contributed by atoms with van der Waals surface area (Å²) in [5.74, 6) is 0. The van der Waals surface area contributed by atoms with Crippen LogP contribution in [0.2, 0.25) is 0 Å². The van der Waals surface area contributed by atoms with Crippen LogP contribution in [0.5, 0.6) is 0 Å². The van der Waals surface area contributed by atoms with E-state index in [0.717, 1.165) is 24.1 Å². The van der Waals surface area contributed by atoms with Gasteiger partial charge >= 0.3 is 6.18 Å². The van der Waals surface area contributed by atoms with Gasteiger partial charge in [-0.25, -0.2) is 0 Å². The molecule has 0 spiro atoms. The lowest BCUT2D eigenvalue weighted by atomic mass is 10.0. The van der Waals surface area contributed by atoms with Crippen molar-refractivity contribution in [3.63, 3.8) is 0 Å². The Morgan fingerprint density at radius 2 is 1.88 bits per heavy atom. The number of rotatable bonds is 5. The fourth-order valence-electron chi connectivity index (χ4n) is 1.62. The Morgan fingerprint density at radius 1 is 1.29 bits per heavy atom. The highest BCUT2D eigenvalue weighted by Gasteiger charge is 2.29. The van der Waals surface area contributed by atoms with Gasteiger partial charge in [-0.3, -0.25) is 0 Å². The molecule has 1 nitrogen and oxygen atoms in total. The molecule has 0 aromatic heterocycles. The topological polar surface area (TPSA) is 12.0 Å². The minimum absolute atomic E-state index is 0.212. The number of nitrogens with one attached hydrogen (secondary N) is 1. The number of hydrogen-bond donors (Lipinski definition) is 1. The Hall–Kier alpha value is -1.29. The monoisotopic (exact) mass is 243 g/mol. The van der Waals surface area contributed by atoms with Crippen LogP contribution in [0.4, 0.5) is 13.2 Å². The standard InChI is InChI=1S/C13H16F3N/c1-3-4-12(17-2)9-10-5-7-11(8-6-10)13(14,15)16/h3,5-8,12,17H,1,4,9H2,2H3. The molecule has 94 valence electrons. The van der Waals surface area contributed by atoms with Crippen molar-refractivity contribution in [3.05, 3.63) is 48.0 Å². The minimum Gasteiger partial charge on any atom is -0.316 e. The van der Waals surface area contributed by atoms with Crippen LogP contribution < -0.4 is 5.32 Å². The van der Waals surface area contributed by atoms with E-state index in [1.54, 1.807) is 6.08 Å². The first-order valence-corrected chi connectivity index (χ1v) is 5.41. The van der Waals surface area contributed by atoms with Gasteiger partial charge in [-0.1, -0.05) is 18.2 Å². The molecule has 1 unspecified atom stereocenters. The predicted molar refractivity (Wildman–Crippen MR) is 62.8 cm³/mol. The van der Waals surface area contributed by atoms with Crippen LogP contribution >= 0.6 is 0 Å². The summed E-state index contributed by atoms with van der Waals surface area (Å²) in [5.41, 5.74) is 0.283. The van der Waals surface area contributed by atoms with E-state index in [0.29, 0.717) is 6.42 Å². The van der Waals surface area contributed by atoms with E-state index < -0.39 is 11.7 Å². The average molecular weight is 243 g/mol. The van der Waals surface area contributed by atoms with Crippen LogP contribution in [0.3, 0.4) is 0 Å². The first-order valence-electron chi connectivity index (χ1n) is 5.41. The molecule has 0 fully saturated rings. The van der Waals surface area contributed by atoms with Gasteiger partial charge in [0.05, 0.1) is 5.56 Å². The lowest BCUT2D eigenvalue weighted by molar-refractivity contribution is -0.137. The molecule has 1 N–H and O–H groups in total. The zero-order valence-corrected chi connectivity index (χ0v) is 9.72. The molecule has 0 aliphatic carbocycles. The zero-order valence-electron chi connectivity index (χ0n) is 9.72. The molecule has 0 aliphatic rings. The predicted octanol–water partition coefficient (Wildman–Crippen LogP) is 3.41. The number of benzene rings is 1. The fourth-order valence-corrected chi connectivity index (χ4v) is 1.62. The normalized spacial score (nSPS) is 13.4. The zero-order chi connectivity index (χ0) is 12.9. The fraction of sp³-hybridized carbons (Fsp3) is 0.385. The van der Waals surface area contributed by atoms with Crippen LogP contribution in [0.15, 0.2) is 36.9 Å². The molecule has 1 atom stereocenters. The first kappa shape index (κ1) is 13.8. The summed E-state index contributed by atoms with van der Waals surface area (Å²) in [4.78, 5) is 0. The second-order valence-corrected chi connectivity index (χ2v) is 3.91. The van der Waals surface area contributed by atoms with Crippen molar-refractivity contribution in [1.29, 1.82) is 0 Å². The highest BCUT2D eigenvalue weighted by atomic mass is 19.4. The Labute approximate surface area is 99.3 Å². The largest absolute Gasteiger partial charge is 0.416 e. The Balaban J connectivity index is 2.71. The number of halogens is 3. The molecule has 0 saturated heterocycles. The van der Waals surface area contributed by atoms with E-state index >= 15 is 0 Å². The third kappa shape index (κ3) is 4.23. The van der Waals surface area contributed by atoms with Crippen molar-refractivity contribution in [2.24, 2.45) is 0 Å². The second kappa shape index (κ2) is 5.87. The summed E-state index contributed by atoms with van der Waals surface area (Å²) < 4.78 is 37.0. The lowest BCUT2D eigenvalue weighted by Gasteiger charge is -2.14. The van der Waals surface area contributed by atoms with Crippen LogP contribution in [0, 0.1) is 0 Å². The minimum atomic E-state index is -4.26. The molecule has 4 heteroatoms. The molecule has 1 rings (SSSR count). The molecule has 0 saturated carbocycles. The summed E-state index contributed by atoms with van der Waals surface area (Å²) in [7, 11) is 1.83. The van der Waals surface area contributed by atoms with Crippen LogP contribution in [-0.4, -0.2) is 13.1 Å². The van der Waals surface area contributed by atoms with Gasteiger partial charge in [0.2, 0.25) is 0 Å². The second-order valence-electron chi connectivity index (χ2n) is 3.91. The molecule has 1 aromatic carbocycles. The summed E-state index contributed by atoms with van der Waals surface area (Å²) in [6.07, 6.45) is -0.981. The van der Waals surface area contributed by atoms with Crippen molar-refractivity contribution in [1.82, 2.24) is 5.32 Å². The molecular formula is C13H16F3N. The van der Waals surface area contributed by atoms with Gasteiger partial charge in [-0.2, -0.15) is 13.2 Å². The Bertz CT molecular complexity index is 354. The number of hydrogen-bond acceptors (Lipinski definition) is 1. The molecule has 0 radical (unpaired) electrons. The van der Waals surface area contributed by atoms with Crippen LogP contribution in [0.25, 0.3) is 0 Å². The van der Waals surface area contributed by atoms with E-state index in [4.69, 9.17) is 0 Å². The summed E-state index contributed by atoms with van der Waals surface area (Å²) in [5, 5.41) is 3.10. The van der Waals surface area contributed by atoms with Crippen molar-refractivity contribution >= 4 is 0 Å². The van der Waals surface area contributed by atoms with E-state index in [1.807, 2.05) is 7.05 Å². The smallest absolute Gasteiger partial charge is 0.316 e. The number of alkyl halides is 3. The summed E-state index contributed by atoms with van der Waals surface area (Å²) in [6.45, 7) is 3.65. The van der Waals surface area contributed by atoms with E-state index in [1.165, 1.54) is 12.1 Å². The van der Waals surface area contributed by atoms with Crippen molar-refractivity contribution in [3.8, 4) is 0 Å². The van der Waals surface area contributed by atoms with Crippen molar-refractivity contribution < 1.29 is 13.2 Å². The summed E-state index contributed by atoms with van der Waals surface area (Å²) in [6, 6.07) is 5.50. The maximum absolute atomic E-state index is 12.3. The molecule has 0 amide bonds. The van der Waals surface area contributed by atoms with Crippen LogP contribution in [0.1, 0.15) is 17.5 Å². The van der Waals surface area contributed by atoms with Crippen LogP contribution in [-0.2, 0) is 12.6 Å². The molecule has 0 bridgehead atoms. The lowest BCUT2D eigenvalue weighted by Crippen LogP contribution is -2.26. The molecule has 17 heavy (non-hydrogen) atoms. The van der Waals surface area contributed by atoms with Crippen molar-refractivity contribution in [2.45, 2.75) is 25.1 Å². The third-order valence-electron chi connectivity index (χ3n) is 2.62. The summed E-state index contributed by atoms with van der Waals surface area (Å²) >= 11 is 0. The average Bonchev–Trinajstić information content (AvgIpc) is 2.28. The first-order chi connectivity index (χ1) is 7.97. The maximum atomic E-state index is 12.3. The van der Waals surface area contributed by atoms with Gasteiger partial charge in [-0.15, -0.1) is 6.58 Å². The Kier molecular flexibility index (Phi) is 4.75. The highest BCUT2D eigenvalue weighted by Crippen LogP contribution is 2.29. The van der Waals surface area contributed by atoms with E-state index in [2.05, 4.69) is 11.9 Å². The molecule has 1 aromatic rings. The van der Waals surface area contributed by atoms with Gasteiger partial charge in [-0.05, 0) is 37.6 Å². The van der Waals surface area contributed by atoms with Crippen molar-refractivity contribution in [2.75, 3.05) is 7.05 Å². The Morgan fingerprint density at radius 3 is 2.29 bits per heavy atom. The van der Waals surface area contributed by atoms with Gasteiger partial charge in [0.25, 0.3) is 0 Å². The SMILES string of the molecule is C=CCC(Cc1ccc(C(F)(F)F)cc1)NC. The third-order valence-corrected chi connectivity index (χ3v) is 2.62. The quantitative estimate of drug-likeness (QED) is 0.781. The van der Waals surface area contributed by atoms with Gasteiger partial charge in [0, 0.05) is 6.04 Å². The molecular weight excluding hydrogens is 227 g/mol. The highest BCUT2D eigenvalue weighted by molar-refractivity contribution is 5.25. The van der Waals surface area contributed by atoms with E-state index in [-0.39, 0.29) is 6.04 Å². The van der Waals surface area contributed by atoms with Gasteiger partial charge < -0.3 is 5.32 Å². The molecule has 0 aliphatic heterocycles. The van der Waals surface area contributed by atoms with E-state index in [9.17, 15) is 13.2 Å². The maximum Gasteiger partial charge on any atom is 0.416 e. The van der Waals surface area contributed by atoms with Gasteiger partial charge in [0.15, 0.2) is 0 Å². The number of likely N-dealkylation sites (N-methyl/N-ethyl adjacent to an activating group) is 1. The molecule has 0 heterocycles. The van der Waals surface area contributed by atoms with Gasteiger partial charge in [0.1, 0.15) is 0 Å².